The van der Waals surface area contributed by atoms with E-state index in [1.165, 1.54) is 38.6 Å². The Morgan fingerprint density at radius 1 is 1.27 bits per heavy atom. The Morgan fingerprint density at radius 2 is 2.07 bits per heavy atom. The van der Waals surface area contributed by atoms with Crippen molar-refractivity contribution in [1.82, 2.24) is 4.90 Å². The number of nitrogens with zero attached hydrogens (tertiary/aromatic N) is 1. The lowest BCUT2D eigenvalue weighted by Gasteiger charge is -2.32. The van der Waals surface area contributed by atoms with Crippen molar-refractivity contribution in [3.8, 4) is 0 Å². The highest BCUT2D eigenvalue weighted by molar-refractivity contribution is 9.09. The minimum atomic E-state index is 0.411. The van der Waals surface area contributed by atoms with Crippen molar-refractivity contribution in [2.75, 3.05) is 31.6 Å². The Balaban J connectivity index is 2.00. The molecular weight excluding hydrogens is 254 g/mol. The zero-order chi connectivity index (χ0) is 10.9. The summed E-state index contributed by atoms with van der Waals surface area (Å²) in [6.07, 6.45) is 7.30. The Kier molecular flexibility index (Phi) is 7.67. The van der Waals surface area contributed by atoms with E-state index in [0.717, 1.165) is 25.0 Å². The summed E-state index contributed by atoms with van der Waals surface area (Å²) in [7, 11) is 0. The maximum Gasteiger partial charge on any atom is 0.0799 e. The SMILES string of the molecule is CCCCCCCN1CCOC(CBr)C1. The number of ether oxygens (including phenoxy) is 1. The second-order valence-electron chi connectivity index (χ2n) is 4.36. The summed E-state index contributed by atoms with van der Waals surface area (Å²) < 4.78 is 5.61. The van der Waals surface area contributed by atoms with Crippen LogP contribution in [0, 0.1) is 0 Å². The average molecular weight is 278 g/mol. The van der Waals surface area contributed by atoms with Crippen LogP contribution in [0.5, 0.6) is 0 Å². The smallest absolute Gasteiger partial charge is 0.0799 e. The molecule has 0 aliphatic carbocycles. The molecule has 3 heteroatoms. The van der Waals surface area contributed by atoms with Crippen LogP contribution in [-0.2, 0) is 4.74 Å². The van der Waals surface area contributed by atoms with Crippen LogP contribution in [0.4, 0.5) is 0 Å². The van der Waals surface area contributed by atoms with E-state index < -0.39 is 0 Å². The van der Waals surface area contributed by atoms with E-state index in [9.17, 15) is 0 Å². The van der Waals surface area contributed by atoms with E-state index in [1.54, 1.807) is 0 Å². The van der Waals surface area contributed by atoms with Crippen molar-refractivity contribution in [2.45, 2.75) is 45.1 Å². The van der Waals surface area contributed by atoms with Gasteiger partial charge in [-0.15, -0.1) is 0 Å². The molecule has 0 saturated carbocycles. The average Bonchev–Trinajstić information content (AvgIpc) is 2.29. The summed E-state index contributed by atoms with van der Waals surface area (Å²) >= 11 is 3.49. The summed E-state index contributed by atoms with van der Waals surface area (Å²) in [4.78, 5) is 2.54. The number of halogens is 1. The molecule has 0 aromatic rings. The molecule has 0 radical (unpaired) electrons. The van der Waals surface area contributed by atoms with Gasteiger partial charge in [-0.05, 0) is 13.0 Å². The summed E-state index contributed by atoms with van der Waals surface area (Å²) in [6, 6.07) is 0. The molecule has 15 heavy (non-hydrogen) atoms. The quantitative estimate of drug-likeness (QED) is 0.524. The molecule has 0 aromatic heterocycles. The minimum Gasteiger partial charge on any atom is -0.375 e. The first-order chi connectivity index (χ1) is 7.36. The first kappa shape index (κ1) is 13.5. The van der Waals surface area contributed by atoms with E-state index in [2.05, 4.69) is 27.8 Å². The Morgan fingerprint density at radius 3 is 2.80 bits per heavy atom. The molecule has 90 valence electrons. The van der Waals surface area contributed by atoms with Crippen LogP contribution in [0.1, 0.15) is 39.0 Å². The van der Waals surface area contributed by atoms with Gasteiger partial charge in [0.25, 0.3) is 0 Å². The molecule has 1 aliphatic heterocycles. The fraction of sp³-hybridized carbons (Fsp3) is 1.00. The van der Waals surface area contributed by atoms with Gasteiger partial charge in [0.05, 0.1) is 12.7 Å². The highest BCUT2D eigenvalue weighted by atomic mass is 79.9. The third-order valence-electron chi connectivity index (χ3n) is 2.97. The third-order valence-corrected chi connectivity index (χ3v) is 3.70. The Bertz CT molecular complexity index is 155. The number of unbranched alkanes of at least 4 members (excludes halogenated alkanes) is 4. The van der Waals surface area contributed by atoms with E-state index in [0.29, 0.717) is 6.10 Å². The van der Waals surface area contributed by atoms with Gasteiger partial charge in [-0.25, -0.2) is 0 Å². The van der Waals surface area contributed by atoms with Gasteiger partial charge in [0.1, 0.15) is 0 Å². The topological polar surface area (TPSA) is 12.5 Å². The predicted octanol–water partition coefficient (Wildman–Crippen LogP) is 3.05. The summed E-state index contributed by atoms with van der Waals surface area (Å²) in [5.41, 5.74) is 0. The van der Waals surface area contributed by atoms with Crippen LogP contribution >= 0.6 is 15.9 Å². The number of hydrogen-bond acceptors (Lipinski definition) is 2. The van der Waals surface area contributed by atoms with Gasteiger partial charge in [0.2, 0.25) is 0 Å². The second kappa shape index (κ2) is 8.54. The molecule has 1 aliphatic rings. The molecule has 1 atom stereocenters. The van der Waals surface area contributed by atoms with Gasteiger partial charge in [-0.3, -0.25) is 4.90 Å². The normalized spacial score (nSPS) is 23.2. The van der Waals surface area contributed by atoms with Crippen molar-refractivity contribution in [3.05, 3.63) is 0 Å². The fourth-order valence-corrected chi connectivity index (χ4v) is 2.41. The minimum absolute atomic E-state index is 0.411. The molecule has 0 bridgehead atoms. The molecule has 0 aromatic carbocycles. The summed E-state index contributed by atoms with van der Waals surface area (Å²) in [6.45, 7) is 6.67. The fourth-order valence-electron chi connectivity index (χ4n) is 2.02. The maximum absolute atomic E-state index is 5.61. The molecule has 1 saturated heterocycles. The first-order valence-corrected chi connectivity index (χ1v) is 7.39. The van der Waals surface area contributed by atoms with Crippen molar-refractivity contribution < 1.29 is 4.74 Å². The van der Waals surface area contributed by atoms with Gasteiger partial charge in [0, 0.05) is 18.4 Å². The monoisotopic (exact) mass is 277 g/mol. The lowest BCUT2D eigenvalue weighted by Crippen LogP contribution is -2.43. The zero-order valence-electron chi connectivity index (χ0n) is 9.88. The van der Waals surface area contributed by atoms with Crippen molar-refractivity contribution >= 4 is 15.9 Å². The van der Waals surface area contributed by atoms with Gasteiger partial charge in [-0.2, -0.15) is 0 Å². The number of hydrogen-bond donors (Lipinski definition) is 0. The largest absolute Gasteiger partial charge is 0.375 e. The highest BCUT2D eigenvalue weighted by Gasteiger charge is 2.18. The molecule has 0 N–H and O–H groups in total. The number of alkyl halides is 1. The maximum atomic E-state index is 5.61. The second-order valence-corrected chi connectivity index (χ2v) is 5.01. The van der Waals surface area contributed by atoms with Gasteiger partial charge in [0.15, 0.2) is 0 Å². The van der Waals surface area contributed by atoms with Gasteiger partial charge >= 0.3 is 0 Å². The van der Waals surface area contributed by atoms with Crippen LogP contribution < -0.4 is 0 Å². The molecule has 1 rings (SSSR count). The lowest BCUT2D eigenvalue weighted by atomic mass is 10.1. The van der Waals surface area contributed by atoms with E-state index >= 15 is 0 Å². The van der Waals surface area contributed by atoms with Crippen LogP contribution in [0.2, 0.25) is 0 Å². The molecule has 0 spiro atoms. The van der Waals surface area contributed by atoms with E-state index in [-0.39, 0.29) is 0 Å². The number of rotatable bonds is 7. The third kappa shape index (κ3) is 5.88. The van der Waals surface area contributed by atoms with Crippen molar-refractivity contribution in [1.29, 1.82) is 0 Å². The van der Waals surface area contributed by atoms with Gasteiger partial charge in [-0.1, -0.05) is 48.5 Å². The van der Waals surface area contributed by atoms with Crippen molar-refractivity contribution in [2.24, 2.45) is 0 Å². The van der Waals surface area contributed by atoms with Crippen LogP contribution in [0.25, 0.3) is 0 Å². The summed E-state index contributed by atoms with van der Waals surface area (Å²) in [5.74, 6) is 0. The zero-order valence-corrected chi connectivity index (χ0v) is 11.5. The highest BCUT2D eigenvalue weighted by Crippen LogP contribution is 2.09. The standard InChI is InChI=1S/C12H24BrNO/c1-2-3-4-5-6-7-14-8-9-15-12(10-13)11-14/h12H,2-11H2,1H3. The van der Waals surface area contributed by atoms with Crippen LogP contribution in [0.3, 0.4) is 0 Å². The lowest BCUT2D eigenvalue weighted by molar-refractivity contribution is -0.0155. The van der Waals surface area contributed by atoms with E-state index in [4.69, 9.17) is 4.74 Å². The number of morpholine rings is 1. The molecule has 0 amide bonds. The Hall–Kier alpha value is 0.400. The van der Waals surface area contributed by atoms with E-state index in [1.807, 2.05) is 0 Å². The van der Waals surface area contributed by atoms with Crippen LogP contribution in [-0.4, -0.2) is 42.6 Å². The molecule has 2 nitrogen and oxygen atoms in total. The Labute approximate surface area is 102 Å². The molecular formula is C12H24BrNO. The predicted molar refractivity (Wildman–Crippen MR) is 68.7 cm³/mol. The first-order valence-electron chi connectivity index (χ1n) is 6.26. The molecule has 1 unspecified atom stereocenters. The molecule has 1 heterocycles. The van der Waals surface area contributed by atoms with Crippen LogP contribution in [0.15, 0.2) is 0 Å². The summed E-state index contributed by atoms with van der Waals surface area (Å²) in [5, 5.41) is 0.972. The van der Waals surface area contributed by atoms with Crippen molar-refractivity contribution in [3.63, 3.8) is 0 Å². The van der Waals surface area contributed by atoms with Gasteiger partial charge < -0.3 is 4.74 Å². The molecule has 1 fully saturated rings.